The Morgan fingerprint density at radius 1 is 0.366 bits per heavy atom. The van der Waals surface area contributed by atoms with Gasteiger partial charge < -0.3 is 70.3 Å². The molecular formula is C87H108F10N16O10. The second-order valence-electron chi connectivity index (χ2n) is 34.7. The Morgan fingerprint density at radius 3 is 1.07 bits per heavy atom. The fraction of sp³-hybridized carbons (Fsp3) is 0.494. The third-order valence-electron chi connectivity index (χ3n) is 21.7. The summed E-state index contributed by atoms with van der Waals surface area (Å²) in [5.41, 5.74) is 1.57. The van der Waals surface area contributed by atoms with Crippen molar-refractivity contribution < 1.29 is 91.7 Å². The van der Waals surface area contributed by atoms with Crippen LogP contribution in [-0.2, 0) is 80.5 Å². The summed E-state index contributed by atoms with van der Waals surface area (Å²) in [6.07, 6.45) is 6.10. The molecule has 4 aromatic carbocycles. The molecule has 4 atom stereocenters. The van der Waals surface area contributed by atoms with Gasteiger partial charge in [0.05, 0.1) is 60.3 Å². The summed E-state index contributed by atoms with van der Waals surface area (Å²) in [4.78, 5) is 119. The van der Waals surface area contributed by atoms with E-state index >= 15 is 0 Å². The molecule has 4 aliphatic heterocycles. The van der Waals surface area contributed by atoms with Gasteiger partial charge in [0, 0.05) is 90.5 Å². The molecule has 26 nitrogen and oxygen atoms in total. The second-order valence-corrected chi connectivity index (χ2v) is 34.7. The highest BCUT2D eigenvalue weighted by molar-refractivity contribution is 6.01. The molecule has 0 aliphatic carbocycles. The highest BCUT2D eigenvalue weighted by atomic mass is 19.2. The number of rotatable bonds is 17. The van der Waals surface area contributed by atoms with Crippen LogP contribution in [0.3, 0.4) is 0 Å². The molecule has 666 valence electrons. The summed E-state index contributed by atoms with van der Waals surface area (Å²) in [6, 6.07) is 6.38. The van der Waals surface area contributed by atoms with Gasteiger partial charge in [-0.15, -0.1) is 0 Å². The Bertz CT molecular complexity index is 5110. The lowest BCUT2D eigenvalue weighted by Gasteiger charge is -2.29. The van der Waals surface area contributed by atoms with Gasteiger partial charge in [0.1, 0.15) is 81.9 Å². The van der Waals surface area contributed by atoms with Crippen LogP contribution in [0.15, 0.2) is 60.7 Å². The minimum absolute atomic E-state index is 0.00528. The fourth-order valence-electron chi connectivity index (χ4n) is 14.7. The lowest BCUT2D eigenvalue weighted by atomic mass is 9.84. The maximum atomic E-state index is 14.5. The molecule has 4 aliphatic rings. The molecule has 0 bridgehead atoms. The average Bonchev–Trinajstić information content (AvgIpc) is 1.64. The number of halogens is 10. The first kappa shape index (κ1) is 95.5. The topological polar surface area (TPSA) is 323 Å². The molecule has 123 heavy (non-hydrogen) atoms. The summed E-state index contributed by atoms with van der Waals surface area (Å²) in [5.74, 6) is -13.6. The maximum Gasteiger partial charge on any atom is 0.272 e. The summed E-state index contributed by atoms with van der Waals surface area (Å²) in [5, 5.41) is 21.2. The molecule has 8 aromatic rings. The number of aromatic nitrogens is 8. The van der Waals surface area contributed by atoms with Gasteiger partial charge in [0.2, 0.25) is 23.6 Å². The van der Waals surface area contributed by atoms with Crippen LogP contribution in [0.1, 0.15) is 187 Å². The van der Waals surface area contributed by atoms with E-state index in [2.05, 4.69) is 76.3 Å². The first-order valence-electron chi connectivity index (χ1n) is 40.6. The van der Waals surface area contributed by atoms with Gasteiger partial charge in [-0.2, -0.15) is 0 Å². The number of benzene rings is 4. The third kappa shape index (κ3) is 22.6. The highest BCUT2D eigenvalue weighted by Gasteiger charge is 2.40. The monoisotopic (exact) mass is 1730 g/mol. The fourth-order valence-corrected chi connectivity index (χ4v) is 14.7. The Kier molecular flexibility index (Phi) is 31.0. The standard InChI is InChI=1S/C24H32F2N4O2.C22H27F3N4O2.C21H25F3N4O3.C20H24F2N4O3/c1-23(2,3)19(22(32)27-6)29-21(31)18-17-9-10-24(4,5)11-12-30(17)20(28-18)14-7-8-15(25)16(26)13-14;1-22(2,3)18(21(31)26-4)28-20(30)17-16-8-6-5-7-9-29(16)19(27-17)12-10-14(24)15(25)11-13(12)23;1-21(2,3)17(20(30)25-4)27-19(29)16-15-5-7-31-8-6-28(15)18(26-16)11-9-13(23)14(24)10-12(11)22;1-11(2)16(19(27)23-3)25-20(28)17-15-6-8-29-9-7-26(15)18(24-17)12-4-5-13(21)14(22)10-12/h7-8,13,19H,9-12H2,1-6H3,(H,27,32)(H,29,31);10-11,18H,5-9H2,1-4H3,(H,26,31)(H,28,30);9-10,17H,5-8H2,1-4H3,(H,25,30)(H,27,29);4-5,10-11,16H,6-9H2,1-3H3,(H,23,27)(H,25,28)/t19-;18-;17-;16-/m1110/s1. The van der Waals surface area contributed by atoms with E-state index in [1.54, 1.807) is 34.5 Å². The van der Waals surface area contributed by atoms with E-state index in [1.165, 1.54) is 40.3 Å². The van der Waals surface area contributed by atoms with Crippen molar-refractivity contribution in [3.8, 4) is 45.6 Å². The average molecular weight is 1730 g/mol. The van der Waals surface area contributed by atoms with E-state index in [0.717, 1.165) is 74.2 Å². The number of carbonyl (C=O) groups is 8. The second kappa shape index (κ2) is 39.9. The van der Waals surface area contributed by atoms with Gasteiger partial charge in [0.15, 0.2) is 46.5 Å². The van der Waals surface area contributed by atoms with Crippen LogP contribution >= 0.6 is 0 Å². The minimum atomic E-state index is -1.32. The first-order valence-corrected chi connectivity index (χ1v) is 40.6. The Hall–Kier alpha value is -11.3. The summed E-state index contributed by atoms with van der Waals surface area (Å²) < 4.78 is 156. The largest absolute Gasteiger partial charge is 0.379 e. The number of amides is 8. The molecule has 0 unspecified atom stereocenters. The van der Waals surface area contributed by atoms with E-state index < -0.39 is 122 Å². The Labute approximate surface area is 707 Å². The van der Waals surface area contributed by atoms with E-state index in [-0.39, 0.29) is 93.7 Å². The van der Waals surface area contributed by atoms with Gasteiger partial charge >= 0.3 is 0 Å². The molecule has 0 spiro atoms. The summed E-state index contributed by atoms with van der Waals surface area (Å²) in [6.45, 7) is 27.7. The quantitative estimate of drug-likeness (QED) is 0.0310. The summed E-state index contributed by atoms with van der Waals surface area (Å²) in [7, 11) is 5.99. The van der Waals surface area contributed by atoms with E-state index in [1.807, 2.05) is 60.0 Å². The van der Waals surface area contributed by atoms with Gasteiger partial charge in [0.25, 0.3) is 23.6 Å². The van der Waals surface area contributed by atoms with Crippen LogP contribution in [-0.4, -0.2) is 164 Å². The Morgan fingerprint density at radius 2 is 0.699 bits per heavy atom. The number of likely N-dealkylation sites (N-methyl/N-ethyl adjacent to an activating group) is 4. The number of ether oxygens (including phenoxy) is 2. The smallest absolute Gasteiger partial charge is 0.272 e. The zero-order chi connectivity index (χ0) is 90.8. The molecule has 4 aromatic heterocycles. The van der Waals surface area contributed by atoms with Crippen LogP contribution in [0.4, 0.5) is 43.9 Å². The van der Waals surface area contributed by atoms with Gasteiger partial charge in [-0.3, -0.25) is 38.4 Å². The number of nitrogens with one attached hydrogen (secondary N) is 8. The van der Waals surface area contributed by atoms with Crippen LogP contribution in [0, 0.1) is 85.8 Å². The van der Waals surface area contributed by atoms with Crippen LogP contribution in [0.25, 0.3) is 45.6 Å². The van der Waals surface area contributed by atoms with Crippen molar-refractivity contribution >= 4 is 47.3 Å². The van der Waals surface area contributed by atoms with Crippen molar-refractivity contribution in [2.45, 2.75) is 198 Å². The van der Waals surface area contributed by atoms with Gasteiger partial charge in [-0.25, -0.2) is 63.8 Å². The first-order chi connectivity index (χ1) is 57.7. The van der Waals surface area contributed by atoms with Crippen LogP contribution in [0.5, 0.6) is 0 Å². The zero-order valence-corrected chi connectivity index (χ0v) is 72.1. The van der Waals surface area contributed by atoms with Crippen molar-refractivity contribution in [3.63, 3.8) is 0 Å². The maximum absolute atomic E-state index is 14.5. The lowest BCUT2D eigenvalue weighted by Crippen LogP contribution is -2.53. The zero-order valence-electron chi connectivity index (χ0n) is 72.1. The van der Waals surface area contributed by atoms with E-state index in [0.29, 0.717) is 117 Å². The Balaban J connectivity index is 0.000000186. The molecule has 0 radical (unpaired) electrons. The number of fused-ring (bicyclic) bond motifs is 4. The van der Waals surface area contributed by atoms with Gasteiger partial charge in [-0.05, 0) is 115 Å². The molecule has 0 fully saturated rings. The molecule has 8 N–H and O–H groups in total. The number of imidazole rings is 4. The highest BCUT2D eigenvalue weighted by Crippen LogP contribution is 2.38. The van der Waals surface area contributed by atoms with Crippen LogP contribution < -0.4 is 42.5 Å². The predicted molar refractivity (Wildman–Crippen MR) is 438 cm³/mol. The normalized spacial score (nSPS) is 15.4. The van der Waals surface area contributed by atoms with Crippen molar-refractivity contribution in [1.29, 1.82) is 0 Å². The van der Waals surface area contributed by atoms with Crippen molar-refractivity contribution in [3.05, 3.63) is 164 Å². The van der Waals surface area contributed by atoms with Gasteiger partial charge in [-0.1, -0.05) is 96.4 Å². The van der Waals surface area contributed by atoms with E-state index in [9.17, 15) is 82.3 Å². The number of hydrogen-bond donors (Lipinski definition) is 8. The predicted octanol–water partition coefficient (Wildman–Crippen LogP) is 12.0. The molecule has 12 rings (SSSR count). The molecule has 8 amide bonds. The van der Waals surface area contributed by atoms with Crippen LogP contribution in [0.2, 0.25) is 0 Å². The minimum Gasteiger partial charge on any atom is -0.379 e. The molecular weight excluding hydrogens is 1620 g/mol. The van der Waals surface area contributed by atoms with E-state index in [4.69, 9.17) is 9.47 Å². The summed E-state index contributed by atoms with van der Waals surface area (Å²) >= 11 is 0. The SMILES string of the molecule is CNC(=O)[C@@H](NC(=O)c1nc(-c2cc(F)c(F)cc2F)n2c1CCCCC2)C(C)(C)C.CNC(=O)[C@@H](NC(=O)c1nc(-c2cc(F)c(F)cc2F)n2c1CCOCC2)C(C)(C)C.CNC(=O)[C@@H](NC(=O)c1nc(-c2ccc(F)c(F)c2)n2c1CCC(C)(C)CC2)C(C)(C)C.CNC(=O)[C@@H](NC(=O)c1nc(-c2ccc(F)c(F)c2)n2c1CCOCC2)C(C)C. The number of hydrogen-bond acceptors (Lipinski definition) is 14. The lowest BCUT2D eigenvalue weighted by molar-refractivity contribution is -0.125. The molecule has 0 saturated carbocycles. The number of carbonyl (C=O) groups excluding carboxylic acids is 8. The third-order valence-corrected chi connectivity index (χ3v) is 21.7. The van der Waals surface area contributed by atoms with Crippen molar-refractivity contribution in [2.24, 2.45) is 27.6 Å². The van der Waals surface area contributed by atoms with Crippen molar-refractivity contribution in [2.75, 3.05) is 54.6 Å². The molecule has 36 heteroatoms. The molecule has 0 saturated heterocycles. The van der Waals surface area contributed by atoms with Crippen molar-refractivity contribution in [1.82, 2.24) is 80.7 Å². The molecule has 8 heterocycles. The number of nitrogens with zero attached hydrogens (tertiary/aromatic N) is 8.